The highest BCUT2D eigenvalue weighted by Gasteiger charge is 2.54. The van der Waals surface area contributed by atoms with Crippen molar-refractivity contribution in [2.75, 3.05) is 34.2 Å². The number of rotatable bonds is 5. The van der Waals surface area contributed by atoms with Gasteiger partial charge in [-0.25, -0.2) is 0 Å². The Hall–Kier alpha value is -3.29. The molecule has 5 aliphatic rings. The van der Waals surface area contributed by atoms with Gasteiger partial charge in [0.15, 0.2) is 35.6 Å². The zero-order chi connectivity index (χ0) is 28.4. The fourth-order valence-corrected chi connectivity index (χ4v) is 6.74. The van der Waals surface area contributed by atoms with Crippen LogP contribution in [-0.4, -0.2) is 81.3 Å². The van der Waals surface area contributed by atoms with Gasteiger partial charge in [-0.2, -0.15) is 0 Å². The first-order valence-corrected chi connectivity index (χ1v) is 13.7. The van der Waals surface area contributed by atoms with E-state index in [2.05, 4.69) is 0 Å². The van der Waals surface area contributed by atoms with Crippen molar-refractivity contribution < 1.29 is 57.6 Å². The SMILES string of the molecule is COc1cc([C@@H]2c3cc4c(cc3[C@@H](OC3C[C@@H](O)[C@@H]5O[C@@H](C)OC[C@H]5O3)[C@H]3COC(=O)[C@H]23)OCO4)cc(OC)c1O. The van der Waals surface area contributed by atoms with Crippen LogP contribution in [0.2, 0.25) is 0 Å². The molecule has 1 unspecified atom stereocenters. The third-order valence-corrected chi connectivity index (χ3v) is 8.63. The lowest BCUT2D eigenvalue weighted by Crippen LogP contribution is -2.56. The third-order valence-electron chi connectivity index (χ3n) is 8.63. The number of esters is 1. The summed E-state index contributed by atoms with van der Waals surface area (Å²) in [6.07, 6.45) is -3.47. The van der Waals surface area contributed by atoms with Crippen LogP contribution in [-0.2, 0) is 28.5 Å². The van der Waals surface area contributed by atoms with E-state index in [9.17, 15) is 15.0 Å². The molecule has 2 N–H and O–H groups in total. The topological polar surface area (TPSA) is 141 Å². The Bertz CT molecular complexity index is 1320. The first-order chi connectivity index (χ1) is 19.9. The molecule has 2 aromatic rings. The van der Waals surface area contributed by atoms with Crippen molar-refractivity contribution in [1.82, 2.24) is 0 Å². The highest BCUT2D eigenvalue weighted by molar-refractivity contribution is 5.79. The Labute approximate surface area is 235 Å². The van der Waals surface area contributed by atoms with E-state index in [0.717, 1.165) is 11.1 Å². The smallest absolute Gasteiger partial charge is 0.310 e. The number of methoxy groups -OCH3 is 2. The van der Waals surface area contributed by atoms with Gasteiger partial charge in [-0.1, -0.05) is 0 Å². The molecule has 3 saturated heterocycles. The zero-order valence-corrected chi connectivity index (χ0v) is 22.8. The lowest BCUT2D eigenvalue weighted by Gasteiger charge is -2.45. The van der Waals surface area contributed by atoms with E-state index in [0.29, 0.717) is 17.1 Å². The first-order valence-electron chi connectivity index (χ1n) is 13.7. The highest BCUT2D eigenvalue weighted by atomic mass is 16.7. The Morgan fingerprint density at radius 2 is 1.63 bits per heavy atom. The number of aliphatic hydroxyl groups excluding tert-OH is 1. The molecule has 0 bridgehead atoms. The number of hydrogen-bond acceptors (Lipinski definition) is 12. The maximum Gasteiger partial charge on any atom is 0.310 e. The van der Waals surface area contributed by atoms with Gasteiger partial charge >= 0.3 is 5.97 Å². The number of carbonyl (C=O) groups excluding carboxylic acids is 1. The molecule has 220 valence electrons. The molecule has 2 aromatic carbocycles. The van der Waals surface area contributed by atoms with Gasteiger partial charge in [-0.15, -0.1) is 0 Å². The summed E-state index contributed by atoms with van der Waals surface area (Å²) >= 11 is 0. The second-order valence-corrected chi connectivity index (χ2v) is 10.9. The average Bonchev–Trinajstić information content (AvgIpc) is 3.59. The van der Waals surface area contributed by atoms with E-state index in [-0.39, 0.29) is 55.6 Å². The highest BCUT2D eigenvalue weighted by Crippen LogP contribution is 2.57. The van der Waals surface area contributed by atoms with Crippen LogP contribution in [0, 0.1) is 11.8 Å². The number of aromatic hydroxyl groups is 1. The molecular formula is C29H32O12. The predicted octanol–water partition coefficient (Wildman–Crippen LogP) is 2.37. The number of benzene rings is 2. The van der Waals surface area contributed by atoms with Crippen LogP contribution in [0.1, 0.15) is 42.1 Å². The second kappa shape index (κ2) is 10.2. The summed E-state index contributed by atoms with van der Waals surface area (Å²) in [4.78, 5) is 13.4. The molecule has 12 heteroatoms. The minimum Gasteiger partial charge on any atom is -0.502 e. The van der Waals surface area contributed by atoms with E-state index < -0.39 is 48.8 Å². The molecule has 7 rings (SSSR count). The Morgan fingerprint density at radius 1 is 0.927 bits per heavy atom. The van der Waals surface area contributed by atoms with Crippen molar-refractivity contribution in [3.63, 3.8) is 0 Å². The largest absolute Gasteiger partial charge is 0.502 e. The third kappa shape index (κ3) is 4.36. The molecule has 9 atom stereocenters. The number of aliphatic hydroxyl groups is 1. The summed E-state index contributed by atoms with van der Waals surface area (Å²) in [6, 6.07) is 7.14. The van der Waals surface area contributed by atoms with E-state index in [1.807, 2.05) is 12.1 Å². The van der Waals surface area contributed by atoms with Gasteiger partial charge in [0.1, 0.15) is 12.2 Å². The van der Waals surface area contributed by atoms with Crippen LogP contribution < -0.4 is 18.9 Å². The van der Waals surface area contributed by atoms with Crippen molar-refractivity contribution in [3.05, 3.63) is 41.0 Å². The average molecular weight is 573 g/mol. The molecule has 0 spiro atoms. The van der Waals surface area contributed by atoms with Crippen molar-refractivity contribution in [3.8, 4) is 28.7 Å². The number of ether oxygens (including phenoxy) is 9. The predicted molar refractivity (Wildman–Crippen MR) is 137 cm³/mol. The lowest BCUT2D eigenvalue weighted by molar-refractivity contribution is -0.338. The lowest BCUT2D eigenvalue weighted by atomic mass is 9.66. The van der Waals surface area contributed by atoms with E-state index in [4.69, 9.17) is 42.6 Å². The number of hydrogen-bond donors (Lipinski definition) is 2. The summed E-state index contributed by atoms with van der Waals surface area (Å²) < 4.78 is 52.1. The Kier molecular flexibility index (Phi) is 6.62. The summed E-state index contributed by atoms with van der Waals surface area (Å²) in [5, 5.41) is 21.5. The van der Waals surface area contributed by atoms with Crippen LogP contribution in [0.5, 0.6) is 28.7 Å². The number of phenols is 1. The van der Waals surface area contributed by atoms with Crippen molar-refractivity contribution in [1.29, 1.82) is 0 Å². The van der Waals surface area contributed by atoms with Crippen LogP contribution >= 0.6 is 0 Å². The van der Waals surface area contributed by atoms with E-state index >= 15 is 0 Å². The molecule has 0 saturated carbocycles. The minimum absolute atomic E-state index is 0.0730. The van der Waals surface area contributed by atoms with Crippen LogP contribution in [0.25, 0.3) is 0 Å². The number of phenolic OH excluding ortho intramolecular Hbond substituents is 1. The number of cyclic esters (lactones) is 1. The van der Waals surface area contributed by atoms with E-state index in [1.54, 1.807) is 19.1 Å². The molecule has 0 aromatic heterocycles. The summed E-state index contributed by atoms with van der Waals surface area (Å²) in [5.74, 6) is -0.465. The summed E-state index contributed by atoms with van der Waals surface area (Å²) in [5.41, 5.74) is 2.26. The summed E-state index contributed by atoms with van der Waals surface area (Å²) in [7, 11) is 2.90. The van der Waals surface area contributed by atoms with Crippen LogP contribution in [0.15, 0.2) is 24.3 Å². The molecular weight excluding hydrogens is 540 g/mol. The fourth-order valence-electron chi connectivity index (χ4n) is 6.74. The monoisotopic (exact) mass is 572 g/mol. The van der Waals surface area contributed by atoms with Gasteiger partial charge in [-0.05, 0) is 47.9 Å². The zero-order valence-electron chi connectivity index (χ0n) is 22.8. The van der Waals surface area contributed by atoms with Gasteiger partial charge in [-0.3, -0.25) is 4.79 Å². The van der Waals surface area contributed by atoms with Crippen molar-refractivity contribution in [2.45, 2.75) is 56.3 Å². The fraction of sp³-hybridized carbons (Fsp3) is 0.552. The molecule has 1 aliphatic carbocycles. The van der Waals surface area contributed by atoms with Gasteiger partial charge in [0.25, 0.3) is 0 Å². The molecule has 4 heterocycles. The number of carbonyl (C=O) groups is 1. The molecule has 3 fully saturated rings. The molecule has 4 aliphatic heterocycles. The van der Waals surface area contributed by atoms with Crippen LogP contribution in [0.4, 0.5) is 0 Å². The quantitative estimate of drug-likeness (QED) is 0.508. The van der Waals surface area contributed by atoms with Crippen LogP contribution in [0.3, 0.4) is 0 Å². The maximum atomic E-state index is 13.4. The molecule has 0 amide bonds. The van der Waals surface area contributed by atoms with Gasteiger partial charge in [0.2, 0.25) is 12.5 Å². The Morgan fingerprint density at radius 3 is 2.34 bits per heavy atom. The Balaban J connectivity index is 1.30. The molecule has 41 heavy (non-hydrogen) atoms. The standard InChI is InChI=1S/C29H32O12/c1-12-35-10-22-28(39-12)17(30)8-23(40-22)41-27-15-7-19-18(37-11-38-19)6-14(15)24(25-16(27)9-36-29(25)32)13-4-20(33-2)26(31)21(5-13)34-3/h4-7,12,16-17,22-25,27-28,30-31H,8-11H2,1-3H3/t12-,16-,17+,22+,23?,24+,25-,27+,28-/m0/s1. The molecule has 12 nitrogen and oxygen atoms in total. The second-order valence-electron chi connectivity index (χ2n) is 10.9. The number of fused-ring (bicyclic) bond motifs is 4. The van der Waals surface area contributed by atoms with Gasteiger partial charge in [0.05, 0.1) is 45.6 Å². The molecule has 0 radical (unpaired) electrons. The van der Waals surface area contributed by atoms with E-state index in [1.165, 1.54) is 14.2 Å². The normalized spacial score (nSPS) is 35.2. The van der Waals surface area contributed by atoms with Gasteiger partial charge < -0.3 is 52.8 Å². The minimum atomic E-state index is -0.813. The maximum absolute atomic E-state index is 13.4. The van der Waals surface area contributed by atoms with Crippen molar-refractivity contribution >= 4 is 5.97 Å². The summed E-state index contributed by atoms with van der Waals surface area (Å²) in [6.45, 7) is 2.25. The van der Waals surface area contributed by atoms with Crippen molar-refractivity contribution in [2.24, 2.45) is 11.8 Å². The first kappa shape index (κ1) is 26.6. The van der Waals surface area contributed by atoms with Gasteiger partial charge in [0, 0.05) is 18.3 Å².